The highest BCUT2D eigenvalue weighted by molar-refractivity contribution is 9.08. The molecule has 0 unspecified atom stereocenters. The van der Waals surface area contributed by atoms with Gasteiger partial charge in [0.15, 0.2) is 11.6 Å². The van der Waals surface area contributed by atoms with Crippen LogP contribution >= 0.6 is 15.9 Å². The summed E-state index contributed by atoms with van der Waals surface area (Å²) in [4.78, 5) is 7.85. The molecule has 0 fully saturated rings. The second-order valence-corrected chi connectivity index (χ2v) is 3.62. The molecule has 0 N–H and O–H groups in total. The summed E-state index contributed by atoms with van der Waals surface area (Å²) in [5.74, 6) is 0.120. The number of rotatable bonds is 2. The van der Waals surface area contributed by atoms with E-state index in [4.69, 9.17) is 0 Å². The fraction of sp³-hybridized carbons (Fsp3) is 0.0909. The molecule has 0 spiro atoms. The molecule has 1 aromatic carbocycles. The minimum absolute atomic E-state index is 0.421. The van der Waals surface area contributed by atoms with E-state index in [0.717, 1.165) is 16.5 Å². The van der Waals surface area contributed by atoms with Gasteiger partial charge in [-0.15, -0.1) is 0 Å². The van der Waals surface area contributed by atoms with Gasteiger partial charge in [0, 0.05) is 10.9 Å². The fourth-order valence-corrected chi connectivity index (χ4v) is 1.60. The molecule has 0 atom stereocenters. The van der Waals surface area contributed by atoms with Gasteiger partial charge < -0.3 is 0 Å². The third-order valence-electron chi connectivity index (χ3n) is 1.96. The summed E-state index contributed by atoms with van der Waals surface area (Å²) < 4.78 is 12.6. The summed E-state index contributed by atoms with van der Waals surface area (Å²) in [6.07, 6.45) is 2.34. The van der Waals surface area contributed by atoms with Crippen molar-refractivity contribution in [2.75, 3.05) is 0 Å². The van der Waals surface area contributed by atoms with Crippen LogP contribution in [0.1, 0.15) is 5.56 Å². The molecule has 4 heteroatoms. The number of hydrogen-bond acceptors (Lipinski definition) is 2. The van der Waals surface area contributed by atoms with Crippen LogP contribution in [-0.4, -0.2) is 9.97 Å². The largest absolute Gasteiger partial charge is 0.233 e. The molecule has 0 aliphatic rings. The topological polar surface area (TPSA) is 25.8 Å². The molecule has 0 saturated heterocycles. The van der Waals surface area contributed by atoms with Gasteiger partial charge in [0.25, 0.3) is 0 Å². The van der Waals surface area contributed by atoms with E-state index < -0.39 is 5.82 Å². The van der Waals surface area contributed by atoms with Crippen molar-refractivity contribution in [3.8, 4) is 11.4 Å². The van der Waals surface area contributed by atoms with E-state index in [1.54, 1.807) is 0 Å². The highest BCUT2D eigenvalue weighted by Crippen LogP contribution is 2.17. The predicted octanol–water partition coefficient (Wildman–Crippen LogP) is 3.18. The van der Waals surface area contributed by atoms with Crippen molar-refractivity contribution in [2.45, 2.75) is 5.33 Å². The Bertz CT molecular complexity index is 456. The zero-order valence-electron chi connectivity index (χ0n) is 7.82. The van der Waals surface area contributed by atoms with Gasteiger partial charge >= 0.3 is 0 Å². The first-order valence-corrected chi connectivity index (χ1v) is 5.54. The molecule has 0 saturated carbocycles. The van der Waals surface area contributed by atoms with Crippen molar-refractivity contribution in [3.63, 3.8) is 0 Å². The third kappa shape index (κ3) is 2.39. The molecule has 76 valence electrons. The average Bonchev–Trinajstić information content (AvgIpc) is 2.30. The van der Waals surface area contributed by atoms with E-state index in [1.165, 1.54) is 12.4 Å². The van der Waals surface area contributed by atoms with Crippen LogP contribution in [0.3, 0.4) is 0 Å². The Morgan fingerprint density at radius 3 is 2.60 bits per heavy atom. The van der Waals surface area contributed by atoms with Crippen LogP contribution in [0.25, 0.3) is 11.4 Å². The molecule has 0 radical (unpaired) electrons. The van der Waals surface area contributed by atoms with E-state index >= 15 is 0 Å². The minimum atomic E-state index is -0.421. The smallest absolute Gasteiger partial charge is 0.159 e. The lowest BCUT2D eigenvalue weighted by Crippen LogP contribution is -1.90. The van der Waals surface area contributed by atoms with Gasteiger partial charge in [-0.1, -0.05) is 34.1 Å². The third-order valence-corrected chi connectivity index (χ3v) is 2.61. The van der Waals surface area contributed by atoms with Crippen LogP contribution < -0.4 is 0 Å². The molecule has 15 heavy (non-hydrogen) atoms. The molecule has 0 aliphatic heterocycles. The SMILES string of the molecule is Fc1cnc(-c2cccc(CBr)c2)nc1. The van der Waals surface area contributed by atoms with Gasteiger partial charge in [0.05, 0.1) is 12.4 Å². The fourth-order valence-electron chi connectivity index (χ4n) is 1.25. The summed E-state index contributed by atoms with van der Waals surface area (Å²) in [5, 5.41) is 0.780. The van der Waals surface area contributed by atoms with Crippen LogP contribution in [0.2, 0.25) is 0 Å². The summed E-state index contributed by atoms with van der Waals surface area (Å²) in [6, 6.07) is 7.81. The number of halogens is 2. The van der Waals surface area contributed by atoms with Gasteiger partial charge in [-0.2, -0.15) is 0 Å². The van der Waals surface area contributed by atoms with E-state index in [9.17, 15) is 4.39 Å². The van der Waals surface area contributed by atoms with Crippen molar-refractivity contribution in [2.24, 2.45) is 0 Å². The van der Waals surface area contributed by atoms with Crippen LogP contribution in [0.4, 0.5) is 4.39 Å². The first kappa shape index (κ1) is 10.2. The van der Waals surface area contributed by atoms with Gasteiger partial charge in [-0.05, 0) is 11.6 Å². The molecule has 0 aliphatic carbocycles. The molecule has 0 bridgehead atoms. The number of aromatic nitrogens is 2. The molecule has 2 nitrogen and oxygen atoms in total. The second kappa shape index (κ2) is 4.49. The minimum Gasteiger partial charge on any atom is -0.233 e. The lowest BCUT2D eigenvalue weighted by Gasteiger charge is -2.01. The van der Waals surface area contributed by atoms with E-state index in [0.29, 0.717) is 5.82 Å². The van der Waals surface area contributed by atoms with E-state index in [2.05, 4.69) is 25.9 Å². The second-order valence-electron chi connectivity index (χ2n) is 3.06. The standard InChI is InChI=1S/C11H8BrFN2/c12-5-8-2-1-3-9(4-8)11-14-6-10(13)7-15-11/h1-4,6-7H,5H2. The molecule has 1 heterocycles. The summed E-state index contributed by atoms with van der Waals surface area (Å²) >= 11 is 3.37. The van der Waals surface area contributed by atoms with Gasteiger partial charge in [0.1, 0.15) is 0 Å². The highest BCUT2D eigenvalue weighted by Gasteiger charge is 2.01. The summed E-state index contributed by atoms with van der Waals surface area (Å²) in [6.45, 7) is 0. The van der Waals surface area contributed by atoms with Gasteiger partial charge in [0.2, 0.25) is 0 Å². The Hall–Kier alpha value is -1.29. The maximum Gasteiger partial charge on any atom is 0.159 e. The Kier molecular flexibility index (Phi) is 3.06. The Morgan fingerprint density at radius 2 is 1.93 bits per heavy atom. The van der Waals surface area contributed by atoms with Crippen LogP contribution in [-0.2, 0) is 5.33 Å². The lowest BCUT2D eigenvalue weighted by molar-refractivity contribution is 0.614. The Balaban J connectivity index is 2.40. The maximum atomic E-state index is 12.6. The average molecular weight is 267 g/mol. The number of benzene rings is 1. The monoisotopic (exact) mass is 266 g/mol. The normalized spacial score (nSPS) is 10.3. The Morgan fingerprint density at radius 1 is 1.20 bits per heavy atom. The van der Waals surface area contributed by atoms with Crippen LogP contribution in [0.5, 0.6) is 0 Å². The lowest BCUT2D eigenvalue weighted by atomic mass is 10.1. The first-order chi connectivity index (χ1) is 7.29. The first-order valence-electron chi connectivity index (χ1n) is 4.42. The number of nitrogens with zero attached hydrogens (tertiary/aromatic N) is 2. The van der Waals surface area contributed by atoms with Crippen molar-refractivity contribution in [3.05, 3.63) is 48.0 Å². The highest BCUT2D eigenvalue weighted by atomic mass is 79.9. The van der Waals surface area contributed by atoms with Crippen LogP contribution in [0.15, 0.2) is 36.7 Å². The number of alkyl halides is 1. The van der Waals surface area contributed by atoms with Gasteiger partial charge in [-0.25, -0.2) is 14.4 Å². The van der Waals surface area contributed by atoms with Crippen LogP contribution in [0, 0.1) is 5.82 Å². The van der Waals surface area contributed by atoms with E-state index in [1.807, 2.05) is 24.3 Å². The number of hydrogen-bond donors (Lipinski definition) is 0. The summed E-state index contributed by atoms with van der Waals surface area (Å²) in [7, 11) is 0. The predicted molar refractivity (Wildman–Crippen MR) is 60.1 cm³/mol. The van der Waals surface area contributed by atoms with Crippen molar-refractivity contribution < 1.29 is 4.39 Å². The molecule has 2 aromatic rings. The zero-order valence-corrected chi connectivity index (χ0v) is 9.41. The van der Waals surface area contributed by atoms with Gasteiger partial charge in [-0.3, -0.25) is 0 Å². The zero-order chi connectivity index (χ0) is 10.7. The quantitative estimate of drug-likeness (QED) is 0.781. The Labute approximate surface area is 95.3 Å². The molecule has 0 amide bonds. The maximum absolute atomic E-state index is 12.6. The molecular formula is C11H8BrFN2. The van der Waals surface area contributed by atoms with E-state index in [-0.39, 0.29) is 0 Å². The molecule has 2 rings (SSSR count). The summed E-state index contributed by atoms with van der Waals surface area (Å²) in [5.41, 5.74) is 2.03. The van der Waals surface area contributed by atoms with Crippen molar-refractivity contribution >= 4 is 15.9 Å². The van der Waals surface area contributed by atoms with Crippen molar-refractivity contribution in [1.82, 2.24) is 9.97 Å². The molecular weight excluding hydrogens is 259 g/mol. The van der Waals surface area contributed by atoms with Crippen molar-refractivity contribution in [1.29, 1.82) is 0 Å². The molecule has 1 aromatic heterocycles.